The van der Waals surface area contributed by atoms with E-state index in [1.807, 2.05) is 11.8 Å². The third-order valence-corrected chi connectivity index (χ3v) is 2.94. The summed E-state index contributed by atoms with van der Waals surface area (Å²) < 4.78 is 0. The standard InChI is InChI=1S/C12H20N2O/c1-3-8-13-9-12(15)14(4-2)10-11-6-5-7-11/h1,11,13H,4-10H2,2H3. The Kier molecular flexibility index (Phi) is 5.20. The fraction of sp³-hybridized carbons (Fsp3) is 0.750. The van der Waals surface area contributed by atoms with Gasteiger partial charge < -0.3 is 4.90 Å². The molecule has 0 heterocycles. The lowest BCUT2D eigenvalue weighted by Crippen LogP contribution is -2.42. The number of amides is 1. The van der Waals surface area contributed by atoms with E-state index in [9.17, 15) is 4.79 Å². The second-order valence-electron chi connectivity index (χ2n) is 4.04. The Morgan fingerprint density at radius 1 is 1.60 bits per heavy atom. The Morgan fingerprint density at radius 3 is 2.80 bits per heavy atom. The summed E-state index contributed by atoms with van der Waals surface area (Å²) in [5.74, 6) is 3.37. The Bertz CT molecular complexity index is 240. The van der Waals surface area contributed by atoms with E-state index in [4.69, 9.17) is 6.42 Å². The highest BCUT2D eigenvalue weighted by Crippen LogP contribution is 2.26. The molecule has 0 saturated heterocycles. The lowest BCUT2D eigenvalue weighted by atomic mass is 9.85. The first kappa shape index (κ1) is 12.1. The van der Waals surface area contributed by atoms with Gasteiger partial charge in [-0.1, -0.05) is 12.3 Å². The topological polar surface area (TPSA) is 32.3 Å². The number of nitrogens with one attached hydrogen (secondary N) is 1. The van der Waals surface area contributed by atoms with Crippen molar-refractivity contribution in [2.45, 2.75) is 26.2 Å². The maximum atomic E-state index is 11.7. The van der Waals surface area contributed by atoms with Gasteiger partial charge in [-0.15, -0.1) is 6.42 Å². The van der Waals surface area contributed by atoms with E-state index >= 15 is 0 Å². The van der Waals surface area contributed by atoms with Crippen LogP contribution in [-0.4, -0.2) is 37.0 Å². The first-order valence-corrected chi connectivity index (χ1v) is 5.69. The van der Waals surface area contributed by atoms with Crippen molar-refractivity contribution in [3.05, 3.63) is 0 Å². The van der Waals surface area contributed by atoms with Gasteiger partial charge in [0.2, 0.25) is 5.91 Å². The molecule has 0 aromatic rings. The Balaban J connectivity index is 2.23. The molecule has 1 saturated carbocycles. The van der Waals surface area contributed by atoms with Crippen molar-refractivity contribution in [2.75, 3.05) is 26.2 Å². The van der Waals surface area contributed by atoms with Gasteiger partial charge in [-0.25, -0.2) is 0 Å². The van der Waals surface area contributed by atoms with E-state index in [2.05, 4.69) is 11.2 Å². The summed E-state index contributed by atoms with van der Waals surface area (Å²) in [5, 5.41) is 2.93. The molecule has 0 bridgehead atoms. The van der Waals surface area contributed by atoms with Crippen LogP contribution in [0.3, 0.4) is 0 Å². The molecule has 1 aliphatic rings. The van der Waals surface area contributed by atoms with Crippen LogP contribution in [0.5, 0.6) is 0 Å². The number of nitrogens with zero attached hydrogens (tertiary/aromatic N) is 1. The third-order valence-electron chi connectivity index (χ3n) is 2.94. The normalized spacial score (nSPS) is 15.5. The van der Waals surface area contributed by atoms with Crippen LogP contribution in [0.4, 0.5) is 0 Å². The van der Waals surface area contributed by atoms with Gasteiger partial charge in [-0.3, -0.25) is 10.1 Å². The molecule has 1 N–H and O–H groups in total. The van der Waals surface area contributed by atoms with Crippen LogP contribution in [-0.2, 0) is 4.79 Å². The van der Waals surface area contributed by atoms with Gasteiger partial charge in [0.1, 0.15) is 0 Å². The molecule has 1 fully saturated rings. The van der Waals surface area contributed by atoms with Crippen LogP contribution < -0.4 is 5.32 Å². The summed E-state index contributed by atoms with van der Waals surface area (Å²) in [6, 6.07) is 0. The monoisotopic (exact) mass is 208 g/mol. The van der Waals surface area contributed by atoms with Crippen molar-refractivity contribution in [2.24, 2.45) is 5.92 Å². The molecule has 1 amide bonds. The highest BCUT2D eigenvalue weighted by molar-refractivity contribution is 5.78. The van der Waals surface area contributed by atoms with Crippen molar-refractivity contribution >= 4 is 5.91 Å². The van der Waals surface area contributed by atoms with Crippen LogP contribution in [0.25, 0.3) is 0 Å². The number of hydrogen-bond acceptors (Lipinski definition) is 2. The van der Waals surface area contributed by atoms with Crippen molar-refractivity contribution in [1.29, 1.82) is 0 Å². The molecule has 3 heteroatoms. The molecule has 0 aromatic heterocycles. The Labute approximate surface area is 92.2 Å². The van der Waals surface area contributed by atoms with E-state index in [1.54, 1.807) is 0 Å². The molecule has 3 nitrogen and oxygen atoms in total. The number of carbonyl (C=O) groups is 1. The minimum atomic E-state index is 0.166. The maximum absolute atomic E-state index is 11.7. The third kappa shape index (κ3) is 3.93. The number of rotatable bonds is 6. The zero-order valence-corrected chi connectivity index (χ0v) is 9.46. The molecule has 84 valence electrons. The first-order valence-electron chi connectivity index (χ1n) is 5.69. The molecule has 0 aliphatic heterocycles. The van der Waals surface area contributed by atoms with Gasteiger partial charge in [-0.05, 0) is 25.7 Å². The molecule has 0 atom stereocenters. The summed E-state index contributed by atoms with van der Waals surface area (Å²) in [7, 11) is 0. The number of terminal acetylenes is 1. The minimum Gasteiger partial charge on any atom is -0.342 e. The van der Waals surface area contributed by atoms with E-state index in [0.717, 1.165) is 19.0 Å². The highest BCUT2D eigenvalue weighted by atomic mass is 16.2. The zero-order chi connectivity index (χ0) is 11.1. The molecule has 1 aliphatic carbocycles. The van der Waals surface area contributed by atoms with Gasteiger partial charge in [0.15, 0.2) is 0 Å². The molecular weight excluding hydrogens is 188 g/mol. The van der Waals surface area contributed by atoms with Crippen LogP contribution in [0, 0.1) is 18.3 Å². The summed E-state index contributed by atoms with van der Waals surface area (Å²) in [6.07, 6.45) is 8.98. The second-order valence-corrected chi connectivity index (χ2v) is 4.04. The lowest BCUT2D eigenvalue weighted by Gasteiger charge is -2.31. The second kappa shape index (κ2) is 6.47. The van der Waals surface area contributed by atoms with Crippen molar-refractivity contribution in [1.82, 2.24) is 10.2 Å². The van der Waals surface area contributed by atoms with E-state index in [-0.39, 0.29) is 5.91 Å². The van der Waals surface area contributed by atoms with Crippen molar-refractivity contribution in [3.63, 3.8) is 0 Å². The SMILES string of the molecule is C#CCNCC(=O)N(CC)CC1CCC1. The number of likely N-dealkylation sites (N-methyl/N-ethyl adjacent to an activating group) is 1. The number of hydrogen-bond donors (Lipinski definition) is 1. The van der Waals surface area contributed by atoms with Crippen LogP contribution >= 0.6 is 0 Å². The quantitative estimate of drug-likeness (QED) is 0.518. The van der Waals surface area contributed by atoms with Crippen LogP contribution in [0.1, 0.15) is 26.2 Å². The molecule has 0 radical (unpaired) electrons. The average molecular weight is 208 g/mol. The van der Waals surface area contributed by atoms with E-state index < -0.39 is 0 Å². The van der Waals surface area contributed by atoms with Crippen LogP contribution in [0.2, 0.25) is 0 Å². The minimum absolute atomic E-state index is 0.166. The van der Waals surface area contributed by atoms with Crippen LogP contribution in [0.15, 0.2) is 0 Å². The lowest BCUT2D eigenvalue weighted by molar-refractivity contribution is -0.131. The average Bonchev–Trinajstić information content (AvgIpc) is 2.16. The van der Waals surface area contributed by atoms with Crippen molar-refractivity contribution < 1.29 is 4.79 Å². The molecule has 0 unspecified atom stereocenters. The number of carbonyl (C=O) groups excluding carboxylic acids is 1. The molecule has 0 aromatic carbocycles. The molecule has 0 spiro atoms. The van der Waals surface area contributed by atoms with E-state index in [1.165, 1.54) is 19.3 Å². The summed E-state index contributed by atoms with van der Waals surface area (Å²) in [5.41, 5.74) is 0. The molecule has 15 heavy (non-hydrogen) atoms. The maximum Gasteiger partial charge on any atom is 0.236 e. The van der Waals surface area contributed by atoms with Gasteiger partial charge >= 0.3 is 0 Å². The molecular formula is C12H20N2O. The summed E-state index contributed by atoms with van der Waals surface area (Å²) in [6.45, 7) is 4.58. The van der Waals surface area contributed by atoms with Gasteiger partial charge in [-0.2, -0.15) is 0 Å². The Morgan fingerprint density at radius 2 is 2.33 bits per heavy atom. The molecule has 1 rings (SSSR count). The first-order chi connectivity index (χ1) is 7.27. The fourth-order valence-electron chi connectivity index (χ4n) is 1.75. The fourth-order valence-corrected chi connectivity index (χ4v) is 1.75. The van der Waals surface area contributed by atoms with E-state index in [0.29, 0.717) is 13.1 Å². The predicted molar refractivity (Wildman–Crippen MR) is 61.3 cm³/mol. The highest BCUT2D eigenvalue weighted by Gasteiger charge is 2.22. The smallest absolute Gasteiger partial charge is 0.236 e. The van der Waals surface area contributed by atoms with Gasteiger partial charge in [0.05, 0.1) is 13.1 Å². The summed E-state index contributed by atoms with van der Waals surface area (Å²) >= 11 is 0. The largest absolute Gasteiger partial charge is 0.342 e. The predicted octanol–water partition coefficient (Wildman–Crippen LogP) is 0.858. The van der Waals surface area contributed by atoms with Gasteiger partial charge in [0.25, 0.3) is 0 Å². The van der Waals surface area contributed by atoms with Crippen molar-refractivity contribution in [3.8, 4) is 12.3 Å². The zero-order valence-electron chi connectivity index (χ0n) is 9.46. The Hall–Kier alpha value is -1.01. The summed E-state index contributed by atoms with van der Waals surface area (Å²) in [4.78, 5) is 13.6. The van der Waals surface area contributed by atoms with Gasteiger partial charge in [0, 0.05) is 13.1 Å².